The molecule has 0 aliphatic carbocycles. The summed E-state index contributed by atoms with van der Waals surface area (Å²) >= 11 is 13.2. The molecule has 0 aliphatic rings. The third-order valence-electron chi connectivity index (χ3n) is 3.39. The number of halogens is 2. The van der Waals surface area contributed by atoms with Crippen LogP contribution in [0.25, 0.3) is 5.95 Å². The van der Waals surface area contributed by atoms with Gasteiger partial charge in [-0.25, -0.2) is 0 Å². The average molecular weight is 396 g/mol. The Labute approximate surface area is 159 Å². The van der Waals surface area contributed by atoms with Crippen LogP contribution in [0.2, 0.25) is 10.0 Å². The number of benzene rings is 1. The minimum absolute atomic E-state index is 0.178. The van der Waals surface area contributed by atoms with E-state index in [1.165, 1.54) is 11.8 Å². The molecule has 1 N–H and O–H groups in total. The second kappa shape index (κ2) is 7.95. The molecule has 1 aromatic carbocycles. The van der Waals surface area contributed by atoms with Gasteiger partial charge in [0.15, 0.2) is 5.16 Å². The lowest BCUT2D eigenvalue weighted by Gasteiger charge is -2.09. The fourth-order valence-electron chi connectivity index (χ4n) is 2.23. The van der Waals surface area contributed by atoms with Gasteiger partial charge in [0.2, 0.25) is 11.9 Å². The highest BCUT2D eigenvalue weighted by Gasteiger charge is 2.14. The standard InChI is InChI=1S/C16H15Cl2N5OS/c1-2-23-15(22-7-3-4-8-22)20-21-16(23)25-10-14(24)19-13-6-5-11(17)9-12(13)18/h3-9H,2,10H2,1H3,(H,19,24). The van der Waals surface area contributed by atoms with Crippen LogP contribution in [0.3, 0.4) is 0 Å². The van der Waals surface area contributed by atoms with Gasteiger partial charge in [0.1, 0.15) is 0 Å². The van der Waals surface area contributed by atoms with Crippen molar-refractivity contribution in [3.05, 3.63) is 52.8 Å². The molecule has 6 nitrogen and oxygen atoms in total. The van der Waals surface area contributed by atoms with Crippen LogP contribution in [0.15, 0.2) is 47.9 Å². The summed E-state index contributed by atoms with van der Waals surface area (Å²) in [6, 6.07) is 8.78. The summed E-state index contributed by atoms with van der Waals surface area (Å²) in [6.45, 7) is 2.71. The Bertz CT molecular complexity index is 879. The first-order valence-electron chi connectivity index (χ1n) is 7.52. The highest BCUT2D eigenvalue weighted by Crippen LogP contribution is 2.26. The normalized spacial score (nSPS) is 10.8. The predicted molar refractivity (Wildman–Crippen MR) is 101 cm³/mol. The zero-order valence-corrected chi connectivity index (χ0v) is 15.6. The van der Waals surface area contributed by atoms with Crippen LogP contribution in [0.5, 0.6) is 0 Å². The van der Waals surface area contributed by atoms with Gasteiger partial charge in [-0.2, -0.15) is 0 Å². The molecule has 0 atom stereocenters. The molecule has 0 unspecified atom stereocenters. The van der Waals surface area contributed by atoms with Gasteiger partial charge < -0.3 is 5.32 Å². The number of carbonyl (C=O) groups is 1. The number of hydrogen-bond donors (Lipinski definition) is 1. The van der Waals surface area contributed by atoms with Gasteiger partial charge in [0.25, 0.3) is 0 Å². The average Bonchev–Trinajstić information content (AvgIpc) is 3.24. The number of nitrogens with zero attached hydrogens (tertiary/aromatic N) is 4. The van der Waals surface area contributed by atoms with E-state index >= 15 is 0 Å². The van der Waals surface area contributed by atoms with Crippen LogP contribution in [-0.4, -0.2) is 31.0 Å². The van der Waals surface area contributed by atoms with Crippen LogP contribution < -0.4 is 5.32 Å². The lowest BCUT2D eigenvalue weighted by atomic mass is 10.3. The number of anilines is 1. The van der Waals surface area contributed by atoms with Crippen molar-refractivity contribution in [1.82, 2.24) is 19.3 Å². The Morgan fingerprint density at radius 2 is 2.00 bits per heavy atom. The number of carbonyl (C=O) groups excluding carboxylic acids is 1. The SMILES string of the molecule is CCn1c(SCC(=O)Nc2ccc(Cl)cc2Cl)nnc1-n1cccc1. The van der Waals surface area contributed by atoms with Crippen molar-refractivity contribution < 1.29 is 4.79 Å². The summed E-state index contributed by atoms with van der Waals surface area (Å²) in [4.78, 5) is 12.2. The molecule has 9 heteroatoms. The first kappa shape index (κ1) is 17.8. The van der Waals surface area contributed by atoms with Crippen molar-refractivity contribution in [1.29, 1.82) is 0 Å². The van der Waals surface area contributed by atoms with E-state index in [1.54, 1.807) is 18.2 Å². The molecule has 0 saturated heterocycles. The fourth-order valence-corrected chi connectivity index (χ4v) is 3.48. The molecule has 0 saturated carbocycles. The first-order chi connectivity index (χ1) is 12.1. The van der Waals surface area contributed by atoms with Crippen molar-refractivity contribution in [2.75, 3.05) is 11.1 Å². The summed E-state index contributed by atoms with van der Waals surface area (Å²) in [5, 5.41) is 12.8. The van der Waals surface area contributed by atoms with E-state index in [4.69, 9.17) is 23.2 Å². The molecule has 130 valence electrons. The van der Waals surface area contributed by atoms with Gasteiger partial charge in [-0.3, -0.25) is 13.9 Å². The Balaban J connectivity index is 1.66. The van der Waals surface area contributed by atoms with Gasteiger partial charge in [0.05, 0.1) is 16.5 Å². The van der Waals surface area contributed by atoms with E-state index in [0.29, 0.717) is 27.4 Å². The molecule has 0 bridgehead atoms. The summed E-state index contributed by atoms with van der Waals surface area (Å²) in [7, 11) is 0. The van der Waals surface area contributed by atoms with Gasteiger partial charge in [-0.05, 0) is 37.3 Å². The van der Waals surface area contributed by atoms with E-state index in [-0.39, 0.29) is 11.7 Å². The van der Waals surface area contributed by atoms with Crippen molar-refractivity contribution in [2.45, 2.75) is 18.6 Å². The topological polar surface area (TPSA) is 64.7 Å². The largest absolute Gasteiger partial charge is 0.324 e. The second-order valence-electron chi connectivity index (χ2n) is 5.08. The van der Waals surface area contributed by atoms with Gasteiger partial charge in [0, 0.05) is 24.0 Å². The molecule has 0 spiro atoms. The zero-order valence-electron chi connectivity index (χ0n) is 13.3. The van der Waals surface area contributed by atoms with Crippen LogP contribution >= 0.6 is 35.0 Å². The number of amides is 1. The molecular weight excluding hydrogens is 381 g/mol. The predicted octanol–water partition coefficient (Wildman–Crippen LogP) is 4.13. The lowest BCUT2D eigenvalue weighted by molar-refractivity contribution is -0.113. The molecular formula is C16H15Cl2N5OS. The summed E-state index contributed by atoms with van der Waals surface area (Å²) < 4.78 is 3.83. The molecule has 0 fully saturated rings. The second-order valence-corrected chi connectivity index (χ2v) is 6.86. The molecule has 25 heavy (non-hydrogen) atoms. The third kappa shape index (κ3) is 4.18. The molecule has 3 aromatic rings. The number of thioether (sulfide) groups is 1. The minimum atomic E-state index is -0.178. The van der Waals surface area contributed by atoms with E-state index in [2.05, 4.69) is 15.5 Å². The number of nitrogens with one attached hydrogen (secondary N) is 1. The third-order valence-corrected chi connectivity index (χ3v) is 4.90. The van der Waals surface area contributed by atoms with Gasteiger partial charge >= 0.3 is 0 Å². The lowest BCUT2D eigenvalue weighted by Crippen LogP contribution is -2.15. The molecule has 2 aromatic heterocycles. The maximum Gasteiger partial charge on any atom is 0.236 e. The number of rotatable bonds is 6. The van der Waals surface area contributed by atoms with E-state index < -0.39 is 0 Å². The Morgan fingerprint density at radius 1 is 1.24 bits per heavy atom. The molecule has 0 aliphatic heterocycles. The first-order valence-corrected chi connectivity index (χ1v) is 9.27. The van der Waals surface area contributed by atoms with Crippen LogP contribution in [-0.2, 0) is 11.3 Å². The van der Waals surface area contributed by atoms with Gasteiger partial charge in [-0.1, -0.05) is 35.0 Å². The molecule has 2 heterocycles. The van der Waals surface area contributed by atoms with Crippen molar-refractivity contribution in [3.63, 3.8) is 0 Å². The zero-order chi connectivity index (χ0) is 17.8. The quantitative estimate of drug-likeness (QED) is 0.637. The van der Waals surface area contributed by atoms with E-state index in [9.17, 15) is 4.79 Å². The van der Waals surface area contributed by atoms with Crippen molar-refractivity contribution in [2.24, 2.45) is 0 Å². The van der Waals surface area contributed by atoms with Crippen molar-refractivity contribution in [3.8, 4) is 5.95 Å². The van der Waals surface area contributed by atoms with Crippen LogP contribution in [0.1, 0.15) is 6.92 Å². The summed E-state index contributed by atoms with van der Waals surface area (Å²) in [5.41, 5.74) is 0.529. The van der Waals surface area contributed by atoms with E-state index in [1.807, 2.05) is 40.6 Å². The van der Waals surface area contributed by atoms with Crippen molar-refractivity contribution >= 4 is 46.6 Å². The minimum Gasteiger partial charge on any atom is -0.324 e. The highest BCUT2D eigenvalue weighted by molar-refractivity contribution is 7.99. The monoisotopic (exact) mass is 395 g/mol. The number of aromatic nitrogens is 4. The Kier molecular flexibility index (Phi) is 5.67. The fraction of sp³-hybridized carbons (Fsp3) is 0.188. The summed E-state index contributed by atoms with van der Waals surface area (Å²) in [5.74, 6) is 0.738. The molecule has 1 amide bonds. The summed E-state index contributed by atoms with van der Waals surface area (Å²) in [6.07, 6.45) is 3.81. The maximum atomic E-state index is 12.2. The highest BCUT2D eigenvalue weighted by atomic mass is 35.5. The van der Waals surface area contributed by atoms with Gasteiger partial charge in [-0.15, -0.1) is 10.2 Å². The molecule has 3 rings (SSSR count). The maximum absolute atomic E-state index is 12.2. The van der Waals surface area contributed by atoms with Crippen LogP contribution in [0.4, 0.5) is 5.69 Å². The Hall–Kier alpha value is -1.96. The smallest absolute Gasteiger partial charge is 0.236 e. The van der Waals surface area contributed by atoms with E-state index in [0.717, 1.165) is 5.95 Å². The number of hydrogen-bond acceptors (Lipinski definition) is 4. The Morgan fingerprint density at radius 3 is 2.68 bits per heavy atom. The van der Waals surface area contributed by atoms with Crippen LogP contribution in [0, 0.1) is 0 Å². The molecule has 0 radical (unpaired) electrons.